The van der Waals surface area contributed by atoms with Gasteiger partial charge >= 0.3 is 5.97 Å². The van der Waals surface area contributed by atoms with E-state index in [4.69, 9.17) is 16.0 Å². The molecular weight excluding hydrogens is 334 g/mol. The average molecular weight is 345 g/mol. The molecule has 0 spiro atoms. The van der Waals surface area contributed by atoms with Crippen LogP contribution in [0.2, 0.25) is 5.02 Å². The minimum Gasteiger partial charge on any atom is -0.467 e. The van der Waals surface area contributed by atoms with E-state index in [-0.39, 0.29) is 0 Å². The Balaban J connectivity index is 2.04. The molecule has 0 unspecified atom stereocenters. The first-order chi connectivity index (χ1) is 9.11. The fourth-order valence-electron chi connectivity index (χ4n) is 1.52. The number of halogens is 2. The van der Waals surface area contributed by atoms with Gasteiger partial charge in [0.15, 0.2) is 0 Å². The van der Waals surface area contributed by atoms with Crippen LogP contribution in [0.1, 0.15) is 16.1 Å². The van der Waals surface area contributed by atoms with Gasteiger partial charge in [-0.3, -0.25) is 0 Å². The smallest absolute Gasteiger partial charge is 0.341 e. The van der Waals surface area contributed by atoms with Crippen LogP contribution in [0.4, 0.5) is 5.69 Å². The van der Waals surface area contributed by atoms with Crippen LogP contribution in [-0.2, 0) is 11.3 Å². The molecule has 1 heterocycles. The van der Waals surface area contributed by atoms with Gasteiger partial charge in [0.1, 0.15) is 12.0 Å². The first-order valence-electron chi connectivity index (χ1n) is 5.45. The summed E-state index contributed by atoms with van der Waals surface area (Å²) in [6.45, 7) is 0.440. The number of hydrogen-bond acceptors (Lipinski definition) is 4. The van der Waals surface area contributed by atoms with Crippen LogP contribution in [0.5, 0.6) is 0 Å². The first kappa shape index (κ1) is 14.0. The van der Waals surface area contributed by atoms with E-state index in [1.165, 1.54) is 13.4 Å². The van der Waals surface area contributed by atoms with Crippen molar-refractivity contribution in [3.63, 3.8) is 0 Å². The van der Waals surface area contributed by atoms with Crippen molar-refractivity contribution < 1.29 is 13.9 Å². The van der Waals surface area contributed by atoms with Gasteiger partial charge in [0.2, 0.25) is 0 Å². The highest BCUT2D eigenvalue weighted by Crippen LogP contribution is 2.30. The number of methoxy groups -OCH3 is 1. The van der Waals surface area contributed by atoms with Crippen molar-refractivity contribution in [2.75, 3.05) is 12.4 Å². The van der Waals surface area contributed by atoms with Crippen LogP contribution < -0.4 is 5.32 Å². The summed E-state index contributed by atoms with van der Waals surface area (Å²) in [7, 11) is 1.33. The summed E-state index contributed by atoms with van der Waals surface area (Å²) in [4.78, 5) is 11.3. The number of rotatable bonds is 4. The molecule has 0 atom stereocenters. The first-order valence-corrected chi connectivity index (χ1v) is 6.62. The number of furan rings is 1. The molecule has 0 aliphatic heterocycles. The number of carbonyl (C=O) groups is 1. The van der Waals surface area contributed by atoms with Crippen molar-refractivity contribution in [3.05, 3.63) is 51.3 Å². The molecule has 0 bridgehead atoms. The Morgan fingerprint density at radius 1 is 1.53 bits per heavy atom. The Hall–Kier alpha value is -1.46. The molecule has 1 N–H and O–H groups in total. The summed E-state index contributed by atoms with van der Waals surface area (Å²) in [6, 6.07) is 7.16. The van der Waals surface area contributed by atoms with Crippen LogP contribution in [0.3, 0.4) is 0 Å². The van der Waals surface area contributed by atoms with Gasteiger partial charge < -0.3 is 14.5 Å². The lowest BCUT2D eigenvalue weighted by atomic mass is 10.3. The Labute approximate surface area is 123 Å². The molecule has 1 aromatic carbocycles. The zero-order valence-corrected chi connectivity index (χ0v) is 12.4. The number of benzene rings is 1. The van der Waals surface area contributed by atoms with Gasteiger partial charge in [-0.1, -0.05) is 17.7 Å². The minimum atomic E-state index is -0.418. The zero-order chi connectivity index (χ0) is 13.8. The zero-order valence-electron chi connectivity index (χ0n) is 10.1. The van der Waals surface area contributed by atoms with E-state index in [9.17, 15) is 4.79 Å². The fourth-order valence-corrected chi connectivity index (χ4v) is 2.10. The molecule has 0 saturated carbocycles. The van der Waals surface area contributed by atoms with Crippen molar-refractivity contribution >= 4 is 39.2 Å². The van der Waals surface area contributed by atoms with Crippen LogP contribution in [0.15, 0.2) is 39.4 Å². The molecule has 1 aromatic heterocycles. The largest absolute Gasteiger partial charge is 0.467 e. The Bertz CT molecular complexity index is 597. The summed E-state index contributed by atoms with van der Waals surface area (Å²) in [5, 5.41) is 3.79. The number of nitrogens with one attached hydrogen (secondary N) is 1. The predicted molar refractivity (Wildman–Crippen MR) is 76.5 cm³/mol. The molecule has 0 saturated heterocycles. The predicted octanol–water partition coefficient (Wildman–Crippen LogP) is 4.09. The summed E-state index contributed by atoms with van der Waals surface area (Å²) in [5.41, 5.74) is 1.24. The standard InChI is InChI=1S/C13H11BrClNO3/c1-18-13(17)8-5-9(19-7-8)6-16-11-4-2-3-10(15)12(11)14/h2-5,7,16H,6H2,1H3. The van der Waals surface area contributed by atoms with Crippen LogP contribution in [0.25, 0.3) is 0 Å². The lowest BCUT2D eigenvalue weighted by Crippen LogP contribution is -2.00. The molecule has 100 valence electrons. The number of hydrogen-bond donors (Lipinski definition) is 1. The van der Waals surface area contributed by atoms with E-state index in [0.717, 1.165) is 10.2 Å². The van der Waals surface area contributed by atoms with Crippen LogP contribution in [-0.4, -0.2) is 13.1 Å². The maximum Gasteiger partial charge on any atom is 0.341 e. The highest BCUT2D eigenvalue weighted by molar-refractivity contribution is 9.10. The van der Waals surface area contributed by atoms with Crippen molar-refractivity contribution in [1.29, 1.82) is 0 Å². The normalized spacial score (nSPS) is 10.3. The van der Waals surface area contributed by atoms with Gasteiger partial charge in [-0.15, -0.1) is 0 Å². The van der Waals surface area contributed by atoms with Gasteiger partial charge in [-0.05, 0) is 34.1 Å². The molecule has 6 heteroatoms. The van der Waals surface area contributed by atoms with E-state index < -0.39 is 5.97 Å². The maximum atomic E-state index is 11.3. The lowest BCUT2D eigenvalue weighted by molar-refractivity contribution is 0.0600. The van der Waals surface area contributed by atoms with Gasteiger partial charge in [0, 0.05) is 0 Å². The molecule has 0 amide bonds. The molecule has 19 heavy (non-hydrogen) atoms. The van der Waals surface area contributed by atoms with E-state index in [2.05, 4.69) is 26.0 Å². The molecule has 4 nitrogen and oxygen atoms in total. The molecule has 0 aliphatic rings. The number of ether oxygens (including phenoxy) is 1. The lowest BCUT2D eigenvalue weighted by Gasteiger charge is -2.07. The van der Waals surface area contributed by atoms with Gasteiger partial charge in [0.25, 0.3) is 0 Å². The van der Waals surface area contributed by atoms with E-state index in [0.29, 0.717) is 22.9 Å². The number of esters is 1. The topological polar surface area (TPSA) is 51.5 Å². The SMILES string of the molecule is COC(=O)c1coc(CNc2cccc(Cl)c2Br)c1. The Morgan fingerprint density at radius 3 is 3.05 bits per heavy atom. The summed E-state index contributed by atoms with van der Waals surface area (Å²) >= 11 is 9.38. The van der Waals surface area contributed by atoms with Crippen molar-refractivity contribution in [3.8, 4) is 0 Å². The monoisotopic (exact) mass is 343 g/mol. The maximum absolute atomic E-state index is 11.3. The second-order valence-electron chi connectivity index (χ2n) is 3.75. The third kappa shape index (κ3) is 3.30. The van der Waals surface area contributed by atoms with Crippen LogP contribution in [0, 0.1) is 0 Å². The molecule has 2 aromatic rings. The molecule has 2 rings (SSSR count). The molecule has 0 fully saturated rings. The van der Waals surface area contributed by atoms with Gasteiger partial charge in [0.05, 0.1) is 34.4 Å². The third-order valence-electron chi connectivity index (χ3n) is 2.48. The minimum absolute atomic E-state index is 0.393. The number of carbonyl (C=O) groups excluding carboxylic acids is 1. The Morgan fingerprint density at radius 2 is 2.32 bits per heavy atom. The van der Waals surface area contributed by atoms with Crippen molar-refractivity contribution in [2.24, 2.45) is 0 Å². The van der Waals surface area contributed by atoms with Crippen molar-refractivity contribution in [1.82, 2.24) is 0 Å². The average Bonchev–Trinajstić information content (AvgIpc) is 2.88. The highest BCUT2D eigenvalue weighted by Gasteiger charge is 2.10. The summed E-state index contributed by atoms with van der Waals surface area (Å²) in [5.74, 6) is 0.214. The van der Waals surface area contributed by atoms with E-state index >= 15 is 0 Å². The second kappa shape index (κ2) is 6.12. The van der Waals surface area contributed by atoms with Gasteiger partial charge in [-0.2, -0.15) is 0 Å². The van der Waals surface area contributed by atoms with Gasteiger partial charge in [-0.25, -0.2) is 4.79 Å². The van der Waals surface area contributed by atoms with Crippen LogP contribution >= 0.6 is 27.5 Å². The summed E-state index contributed by atoms with van der Waals surface area (Å²) < 4.78 is 10.7. The fraction of sp³-hybridized carbons (Fsp3) is 0.154. The third-order valence-corrected chi connectivity index (χ3v) is 3.88. The number of anilines is 1. The second-order valence-corrected chi connectivity index (χ2v) is 4.95. The molecule has 0 aliphatic carbocycles. The Kier molecular flexibility index (Phi) is 4.50. The highest BCUT2D eigenvalue weighted by atomic mass is 79.9. The molecular formula is C13H11BrClNO3. The molecule has 0 radical (unpaired) electrons. The van der Waals surface area contributed by atoms with E-state index in [1.54, 1.807) is 12.1 Å². The van der Waals surface area contributed by atoms with E-state index in [1.807, 2.05) is 12.1 Å². The van der Waals surface area contributed by atoms with Crippen molar-refractivity contribution in [2.45, 2.75) is 6.54 Å². The quantitative estimate of drug-likeness (QED) is 0.849. The summed E-state index contributed by atoms with van der Waals surface area (Å²) in [6.07, 6.45) is 1.37.